The van der Waals surface area contributed by atoms with E-state index in [1.165, 1.54) is 17.2 Å². The Bertz CT molecular complexity index is 1170. The predicted octanol–water partition coefficient (Wildman–Crippen LogP) is 7.10. The summed E-state index contributed by atoms with van der Waals surface area (Å²) in [7, 11) is 1.82. The summed E-state index contributed by atoms with van der Waals surface area (Å²) in [6.45, 7) is 6.55. The molecule has 148 valence electrons. The lowest BCUT2D eigenvalue weighted by molar-refractivity contribution is 0.629. The van der Waals surface area contributed by atoms with Gasteiger partial charge < -0.3 is 0 Å². The second-order valence-corrected chi connectivity index (χ2v) is 8.69. The highest BCUT2D eigenvalue weighted by molar-refractivity contribution is 7.14. The number of halogens is 2. The van der Waals surface area contributed by atoms with Crippen LogP contribution in [0.2, 0.25) is 5.02 Å². The molecule has 4 rings (SSSR count). The highest BCUT2D eigenvalue weighted by Gasteiger charge is 2.20. The highest BCUT2D eigenvalue weighted by Crippen LogP contribution is 2.38. The molecule has 0 saturated carbocycles. The molecule has 0 fully saturated rings. The molecule has 0 aliphatic carbocycles. The topological polar surface area (TPSA) is 30.7 Å². The molecule has 2 heterocycles. The first-order valence-corrected chi connectivity index (χ1v) is 10.7. The molecular weight excluding hydrogens is 405 g/mol. The monoisotopic (exact) mass is 425 g/mol. The van der Waals surface area contributed by atoms with E-state index in [1.54, 1.807) is 28.2 Å². The van der Waals surface area contributed by atoms with E-state index in [9.17, 15) is 4.39 Å². The lowest BCUT2D eigenvalue weighted by atomic mass is 9.95. The number of thiophene rings is 1. The van der Waals surface area contributed by atoms with Crippen molar-refractivity contribution < 1.29 is 4.39 Å². The van der Waals surface area contributed by atoms with E-state index in [0.717, 1.165) is 16.0 Å². The largest absolute Gasteiger partial charge is 0.248 e. The van der Waals surface area contributed by atoms with E-state index in [-0.39, 0.29) is 11.4 Å². The Morgan fingerprint density at radius 1 is 1.14 bits per heavy atom. The molecule has 0 aliphatic heterocycles. The molecule has 3 nitrogen and oxygen atoms in total. The molecule has 0 N–H and O–H groups in total. The van der Waals surface area contributed by atoms with Gasteiger partial charge in [-0.15, -0.1) is 11.3 Å². The lowest BCUT2D eigenvalue weighted by Gasteiger charge is -2.12. The zero-order valence-electron chi connectivity index (χ0n) is 16.7. The third-order valence-electron chi connectivity index (χ3n) is 5.02. The van der Waals surface area contributed by atoms with Gasteiger partial charge in [0.1, 0.15) is 5.82 Å². The van der Waals surface area contributed by atoms with Gasteiger partial charge in [0.25, 0.3) is 0 Å². The van der Waals surface area contributed by atoms with Gasteiger partial charge in [-0.25, -0.2) is 14.1 Å². The van der Waals surface area contributed by atoms with Crippen LogP contribution in [-0.4, -0.2) is 14.8 Å². The van der Waals surface area contributed by atoms with Crippen LogP contribution in [0.3, 0.4) is 0 Å². The van der Waals surface area contributed by atoms with Gasteiger partial charge in [0.05, 0.1) is 10.6 Å². The number of nitrogens with zero attached hydrogens (tertiary/aromatic N) is 3. The van der Waals surface area contributed by atoms with Crippen LogP contribution in [-0.2, 0) is 7.05 Å². The molecule has 0 radical (unpaired) electrons. The third kappa shape index (κ3) is 3.61. The van der Waals surface area contributed by atoms with E-state index in [0.29, 0.717) is 16.8 Å². The minimum Gasteiger partial charge on any atom is -0.248 e. The van der Waals surface area contributed by atoms with Crippen LogP contribution in [0.5, 0.6) is 0 Å². The average Bonchev–Trinajstić information content (AvgIpc) is 3.28. The third-order valence-corrected chi connectivity index (χ3v) is 6.30. The van der Waals surface area contributed by atoms with E-state index in [1.807, 2.05) is 18.5 Å². The maximum atomic E-state index is 14.4. The second-order valence-electron chi connectivity index (χ2n) is 7.37. The molecule has 2 aromatic carbocycles. The van der Waals surface area contributed by atoms with Gasteiger partial charge in [-0.05, 0) is 59.2 Å². The Kier molecular flexibility index (Phi) is 5.28. The van der Waals surface area contributed by atoms with Crippen LogP contribution >= 0.6 is 22.9 Å². The minimum absolute atomic E-state index is 0.227. The maximum Gasteiger partial charge on any atom is 0.186 e. The fourth-order valence-corrected chi connectivity index (χ4v) is 4.69. The van der Waals surface area contributed by atoms with Crippen molar-refractivity contribution in [1.82, 2.24) is 14.8 Å². The van der Waals surface area contributed by atoms with Crippen molar-refractivity contribution in [2.45, 2.75) is 26.7 Å². The predicted molar refractivity (Wildman–Crippen MR) is 119 cm³/mol. The Balaban J connectivity index is 1.83. The van der Waals surface area contributed by atoms with Crippen LogP contribution < -0.4 is 0 Å². The van der Waals surface area contributed by atoms with Crippen molar-refractivity contribution in [3.8, 4) is 33.2 Å². The number of hydrogen-bond donors (Lipinski definition) is 0. The smallest absolute Gasteiger partial charge is 0.186 e. The first kappa shape index (κ1) is 19.8. The lowest BCUT2D eigenvalue weighted by Crippen LogP contribution is -1.96. The van der Waals surface area contributed by atoms with Crippen molar-refractivity contribution >= 4 is 22.9 Å². The molecule has 6 heteroatoms. The molecule has 2 aromatic heterocycles. The number of rotatable bonds is 4. The SMILES string of the molecule is Cc1ccc(-c2sccc2-c2nc(-c3c(F)cccc3Cl)nn2C)cc1C(C)C. The van der Waals surface area contributed by atoms with Crippen LogP contribution in [0.15, 0.2) is 47.8 Å². The molecule has 0 bridgehead atoms. The normalized spacial score (nSPS) is 11.4. The Morgan fingerprint density at radius 2 is 1.93 bits per heavy atom. The molecule has 0 aliphatic rings. The summed E-state index contributed by atoms with van der Waals surface area (Å²) in [5.41, 5.74) is 4.97. The summed E-state index contributed by atoms with van der Waals surface area (Å²) in [4.78, 5) is 5.76. The van der Waals surface area contributed by atoms with Gasteiger partial charge in [0, 0.05) is 17.5 Å². The van der Waals surface area contributed by atoms with E-state index in [2.05, 4.69) is 49.1 Å². The fraction of sp³-hybridized carbons (Fsp3) is 0.217. The Labute approximate surface area is 178 Å². The minimum atomic E-state index is -0.430. The highest BCUT2D eigenvalue weighted by atomic mass is 35.5. The molecule has 29 heavy (non-hydrogen) atoms. The first-order valence-electron chi connectivity index (χ1n) is 9.41. The van der Waals surface area contributed by atoms with Crippen molar-refractivity contribution in [3.63, 3.8) is 0 Å². The van der Waals surface area contributed by atoms with E-state index < -0.39 is 5.82 Å². The van der Waals surface area contributed by atoms with Gasteiger partial charge in [-0.3, -0.25) is 0 Å². The molecule has 0 saturated heterocycles. The van der Waals surface area contributed by atoms with Crippen molar-refractivity contribution in [2.75, 3.05) is 0 Å². The van der Waals surface area contributed by atoms with E-state index in [4.69, 9.17) is 11.6 Å². The fourth-order valence-electron chi connectivity index (χ4n) is 3.55. The number of aromatic nitrogens is 3. The molecule has 0 amide bonds. The average molecular weight is 426 g/mol. The number of benzene rings is 2. The molecular formula is C23H21ClFN3S. The summed E-state index contributed by atoms with van der Waals surface area (Å²) in [6, 6.07) is 13.2. The zero-order chi connectivity index (χ0) is 20.7. The van der Waals surface area contributed by atoms with Crippen molar-refractivity contribution in [1.29, 1.82) is 0 Å². The van der Waals surface area contributed by atoms with Gasteiger partial charge in [-0.2, -0.15) is 5.10 Å². The molecule has 0 spiro atoms. The zero-order valence-corrected chi connectivity index (χ0v) is 18.3. The van der Waals surface area contributed by atoms with Crippen molar-refractivity contribution in [3.05, 3.63) is 69.8 Å². The van der Waals surface area contributed by atoms with Crippen molar-refractivity contribution in [2.24, 2.45) is 7.05 Å². The summed E-state index contributed by atoms with van der Waals surface area (Å²) >= 11 is 7.87. The number of aryl methyl sites for hydroxylation is 2. The molecule has 0 unspecified atom stereocenters. The van der Waals surface area contributed by atoms with Gasteiger partial charge in [0.2, 0.25) is 0 Å². The van der Waals surface area contributed by atoms with Gasteiger partial charge >= 0.3 is 0 Å². The number of hydrogen-bond acceptors (Lipinski definition) is 3. The molecule has 4 aromatic rings. The van der Waals surface area contributed by atoms with Crippen LogP contribution in [0.1, 0.15) is 30.9 Å². The van der Waals surface area contributed by atoms with Crippen LogP contribution in [0.4, 0.5) is 4.39 Å². The van der Waals surface area contributed by atoms with Crippen LogP contribution in [0, 0.1) is 12.7 Å². The standard InChI is InChI=1S/C23H21ClFN3S/c1-13(2)17-12-15(9-8-14(17)3)21-16(10-11-29-21)23-26-22(27-28(23)4)20-18(24)6-5-7-19(20)25/h5-13H,1-4H3. The summed E-state index contributed by atoms with van der Waals surface area (Å²) < 4.78 is 16.0. The van der Waals surface area contributed by atoms with Crippen LogP contribution in [0.25, 0.3) is 33.2 Å². The second kappa shape index (κ2) is 7.73. The summed E-state index contributed by atoms with van der Waals surface area (Å²) in [6.07, 6.45) is 0. The van der Waals surface area contributed by atoms with Gasteiger partial charge in [0.15, 0.2) is 11.6 Å². The first-order chi connectivity index (χ1) is 13.9. The maximum absolute atomic E-state index is 14.4. The Morgan fingerprint density at radius 3 is 2.66 bits per heavy atom. The molecule has 0 atom stereocenters. The summed E-state index contributed by atoms with van der Waals surface area (Å²) in [5.74, 6) is 0.986. The van der Waals surface area contributed by atoms with Gasteiger partial charge in [-0.1, -0.05) is 43.6 Å². The van der Waals surface area contributed by atoms with E-state index >= 15 is 0 Å². The summed E-state index contributed by atoms with van der Waals surface area (Å²) in [5, 5.41) is 6.78. The quantitative estimate of drug-likeness (QED) is 0.349. The Hall–Kier alpha value is -2.50.